The van der Waals surface area contributed by atoms with Gasteiger partial charge in [-0.15, -0.1) is 11.3 Å². The summed E-state index contributed by atoms with van der Waals surface area (Å²) in [4.78, 5) is 13.4. The number of anilines is 2. The Kier molecular flexibility index (Phi) is 5.00. The largest absolute Gasteiger partial charge is 0.324 e. The fraction of sp³-hybridized carbons (Fsp3) is 0.294. The van der Waals surface area contributed by atoms with Gasteiger partial charge in [0.15, 0.2) is 0 Å². The van der Waals surface area contributed by atoms with Gasteiger partial charge in [0, 0.05) is 10.6 Å². The quantitative estimate of drug-likeness (QED) is 0.702. The van der Waals surface area contributed by atoms with E-state index in [2.05, 4.69) is 23.6 Å². The van der Waals surface area contributed by atoms with Gasteiger partial charge in [0.1, 0.15) is 11.1 Å². The van der Waals surface area contributed by atoms with Crippen LogP contribution in [-0.2, 0) is 12.8 Å². The lowest BCUT2D eigenvalue weighted by Crippen LogP contribution is -2.19. The Bertz CT molecular complexity index is 841. The van der Waals surface area contributed by atoms with Crippen molar-refractivity contribution in [2.45, 2.75) is 26.2 Å². The van der Waals surface area contributed by atoms with E-state index in [1.165, 1.54) is 16.2 Å². The van der Waals surface area contributed by atoms with E-state index in [0.717, 1.165) is 24.8 Å². The van der Waals surface area contributed by atoms with E-state index in [1.807, 2.05) is 0 Å². The number of nitrogens with zero attached hydrogens (tertiary/aromatic N) is 1. The van der Waals surface area contributed by atoms with Gasteiger partial charge in [0.25, 0.3) is 0 Å². The zero-order valence-electron chi connectivity index (χ0n) is 13.0. The topological polar surface area (TPSA) is 64.9 Å². The Labute approximate surface area is 154 Å². The number of benzene rings is 1. The number of nitriles is 1. The summed E-state index contributed by atoms with van der Waals surface area (Å²) in [6.45, 7) is 2.21. The third kappa shape index (κ3) is 3.51. The van der Waals surface area contributed by atoms with Crippen molar-refractivity contribution in [3.8, 4) is 6.07 Å². The summed E-state index contributed by atoms with van der Waals surface area (Å²) in [5.41, 5.74) is 2.21. The fourth-order valence-corrected chi connectivity index (χ4v) is 4.45. The molecule has 1 heterocycles. The lowest BCUT2D eigenvalue weighted by molar-refractivity contribution is 0.262. The molecule has 0 saturated heterocycles. The van der Waals surface area contributed by atoms with Crippen molar-refractivity contribution in [3.05, 3.63) is 44.2 Å². The third-order valence-electron chi connectivity index (χ3n) is 4.03. The number of urea groups is 1. The van der Waals surface area contributed by atoms with Gasteiger partial charge in [-0.05, 0) is 48.9 Å². The molecule has 0 aliphatic heterocycles. The van der Waals surface area contributed by atoms with Gasteiger partial charge in [-0.25, -0.2) is 4.79 Å². The van der Waals surface area contributed by atoms with E-state index >= 15 is 0 Å². The first-order valence-electron chi connectivity index (χ1n) is 7.55. The zero-order chi connectivity index (χ0) is 17.3. The number of amides is 2. The molecule has 2 amide bonds. The van der Waals surface area contributed by atoms with Gasteiger partial charge in [-0.3, -0.25) is 5.32 Å². The molecule has 0 unspecified atom stereocenters. The molecule has 124 valence electrons. The predicted molar refractivity (Wildman–Crippen MR) is 99.3 cm³/mol. The second-order valence-corrected chi connectivity index (χ2v) is 7.80. The van der Waals surface area contributed by atoms with E-state index < -0.39 is 6.03 Å². The Morgan fingerprint density at radius 3 is 2.83 bits per heavy atom. The van der Waals surface area contributed by atoms with Crippen LogP contribution in [0.15, 0.2) is 18.2 Å². The summed E-state index contributed by atoms with van der Waals surface area (Å²) in [7, 11) is 0. The molecule has 7 heteroatoms. The van der Waals surface area contributed by atoms with E-state index in [-0.39, 0.29) is 0 Å². The van der Waals surface area contributed by atoms with E-state index in [0.29, 0.717) is 32.2 Å². The van der Waals surface area contributed by atoms with Crippen molar-refractivity contribution in [2.75, 3.05) is 10.6 Å². The Hall–Kier alpha value is -1.74. The lowest BCUT2D eigenvalue weighted by atomic mass is 9.89. The zero-order valence-corrected chi connectivity index (χ0v) is 15.3. The Balaban J connectivity index is 1.77. The summed E-state index contributed by atoms with van der Waals surface area (Å²) in [6, 6.07) is 6.69. The normalized spacial score (nSPS) is 16.2. The number of hydrogen-bond donors (Lipinski definition) is 2. The molecule has 4 nitrogen and oxygen atoms in total. The number of carbonyl (C=O) groups excluding carboxylic acids is 1. The van der Waals surface area contributed by atoms with E-state index in [9.17, 15) is 10.1 Å². The first kappa shape index (κ1) is 17.1. The van der Waals surface area contributed by atoms with Crippen LogP contribution in [0.2, 0.25) is 10.0 Å². The van der Waals surface area contributed by atoms with Crippen LogP contribution in [0.4, 0.5) is 15.5 Å². The molecule has 0 spiro atoms. The van der Waals surface area contributed by atoms with Crippen molar-refractivity contribution in [2.24, 2.45) is 5.92 Å². The van der Waals surface area contributed by atoms with Crippen LogP contribution in [0.3, 0.4) is 0 Å². The maximum atomic E-state index is 12.2. The van der Waals surface area contributed by atoms with Gasteiger partial charge in [0.05, 0.1) is 15.6 Å². The van der Waals surface area contributed by atoms with Crippen LogP contribution in [0.1, 0.15) is 29.3 Å². The average Bonchev–Trinajstić information content (AvgIpc) is 2.86. The smallest absolute Gasteiger partial charge is 0.308 e. The molecule has 0 radical (unpaired) electrons. The van der Waals surface area contributed by atoms with Crippen LogP contribution in [0.25, 0.3) is 0 Å². The number of nitrogens with one attached hydrogen (secondary N) is 2. The standard InChI is InChI=1S/C17H15Cl2N3OS/c1-9-2-4-11-12(8-20)16(24-15(11)6-9)22-17(23)21-10-3-5-13(18)14(19)7-10/h3,5,7,9H,2,4,6H2,1H3,(H2,21,22,23)/t9-/m0/s1. The number of carbonyl (C=O) groups is 1. The molecule has 0 bridgehead atoms. The maximum absolute atomic E-state index is 12.2. The van der Waals surface area contributed by atoms with Crippen LogP contribution < -0.4 is 10.6 Å². The van der Waals surface area contributed by atoms with E-state index in [1.54, 1.807) is 18.2 Å². The minimum Gasteiger partial charge on any atom is -0.308 e. The van der Waals surface area contributed by atoms with Crippen molar-refractivity contribution in [1.29, 1.82) is 5.26 Å². The first-order valence-corrected chi connectivity index (χ1v) is 9.13. The van der Waals surface area contributed by atoms with Gasteiger partial charge < -0.3 is 5.32 Å². The van der Waals surface area contributed by atoms with Crippen molar-refractivity contribution < 1.29 is 4.79 Å². The Morgan fingerprint density at radius 2 is 2.12 bits per heavy atom. The summed E-state index contributed by atoms with van der Waals surface area (Å²) >= 11 is 13.3. The molecule has 1 aliphatic rings. The first-order chi connectivity index (χ1) is 11.5. The number of halogens is 2. The molecule has 0 fully saturated rings. The van der Waals surface area contributed by atoms with Gasteiger partial charge >= 0.3 is 6.03 Å². The highest BCUT2D eigenvalue weighted by Crippen LogP contribution is 2.39. The molecule has 1 aliphatic carbocycles. The number of fused-ring (bicyclic) bond motifs is 1. The molecule has 24 heavy (non-hydrogen) atoms. The van der Waals surface area contributed by atoms with Gasteiger partial charge in [-0.2, -0.15) is 5.26 Å². The lowest BCUT2D eigenvalue weighted by Gasteiger charge is -2.17. The Morgan fingerprint density at radius 1 is 1.33 bits per heavy atom. The summed E-state index contributed by atoms with van der Waals surface area (Å²) < 4.78 is 0. The summed E-state index contributed by atoms with van der Waals surface area (Å²) in [5.74, 6) is 0.612. The molecule has 2 aromatic rings. The van der Waals surface area contributed by atoms with E-state index in [4.69, 9.17) is 23.2 Å². The summed E-state index contributed by atoms with van der Waals surface area (Å²) in [6.07, 6.45) is 2.93. The molecule has 1 aromatic heterocycles. The molecule has 2 N–H and O–H groups in total. The van der Waals surface area contributed by atoms with Crippen molar-refractivity contribution in [1.82, 2.24) is 0 Å². The SMILES string of the molecule is C[C@H]1CCc2c(sc(NC(=O)Nc3ccc(Cl)c(Cl)c3)c2C#N)C1. The molecular weight excluding hydrogens is 365 g/mol. The molecular formula is C17H15Cl2N3OS. The van der Waals surface area contributed by atoms with Crippen LogP contribution >= 0.6 is 34.5 Å². The van der Waals surface area contributed by atoms with Crippen molar-refractivity contribution in [3.63, 3.8) is 0 Å². The second-order valence-electron chi connectivity index (χ2n) is 5.88. The molecule has 3 rings (SSSR count). The minimum absolute atomic E-state index is 0.368. The molecule has 0 saturated carbocycles. The highest BCUT2D eigenvalue weighted by Gasteiger charge is 2.24. The van der Waals surface area contributed by atoms with Gasteiger partial charge in [-0.1, -0.05) is 30.1 Å². The van der Waals surface area contributed by atoms with Crippen LogP contribution in [0, 0.1) is 17.2 Å². The number of hydrogen-bond acceptors (Lipinski definition) is 3. The number of thiophene rings is 1. The van der Waals surface area contributed by atoms with Crippen LogP contribution in [-0.4, -0.2) is 6.03 Å². The molecule has 1 aromatic carbocycles. The predicted octanol–water partition coefficient (Wildman–Crippen LogP) is 5.70. The van der Waals surface area contributed by atoms with Crippen molar-refractivity contribution >= 4 is 51.3 Å². The highest BCUT2D eigenvalue weighted by atomic mass is 35.5. The maximum Gasteiger partial charge on any atom is 0.324 e. The van der Waals surface area contributed by atoms with Crippen LogP contribution in [0.5, 0.6) is 0 Å². The monoisotopic (exact) mass is 379 g/mol. The average molecular weight is 380 g/mol. The fourth-order valence-electron chi connectivity index (χ4n) is 2.80. The number of rotatable bonds is 2. The second kappa shape index (κ2) is 7.02. The minimum atomic E-state index is -0.406. The highest BCUT2D eigenvalue weighted by molar-refractivity contribution is 7.16. The third-order valence-corrected chi connectivity index (χ3v) is 5.94. The van der Waals surface area contributed by atoms with Gasteiger partial charge in [0.2, 0.25) is 0 Å². The summed E-state index contributed by atoms with van der Waals surface area (Å²) in [5, 5.41) is 16.3. The molecule has 1 atom stereocenters.